The monoisotopic (exact) mass is 523 g/mol. The van der Waals surface area contributed by atoms with E-state index in [0.29, 0.717) is 36.3 Å². The number of hydrogen-bond acceptors (Lipinski definition) is 8. The number of nitrogens with zero attached hydrogens (tertiary/aromatic N) is 1. The molecular formula is C30H37NO7. The fourth-order valence-corrected chi connectivity index (χ4v) is 7.68. The molecule has 0 bridgehead atoms. The third-order valence-electron chi connectivity index (χ3n) is 9.58. The molecule has 2 fully saturated rings. The fraction of sp³-hybridized carbons (Fsp3) is 0.600. The first kappa shape index (κ1) is 26.4. The summed E-state index contributed by atoms with van der Waals surface area (Å²) in [6.07, 6.45) is 6.88. The number of ether oxygens (including phenoxy) is 3. The predicted octanol–water partition coefficient (Wildman–Crippen LogP) is 5.11. The van der Waals surface area contributed by atoms with Gasteiger partial charge >= 0.3 is 17.6 Å². The number of hydrogen-bond donors (Lipinski definition) is 0. The molecule has 0 radical (unpaired) electrons. The summed E-state index contributed by atoms with van der Waals surface area (Å²) in [5, 5.41) is 0. The average Bonchev–Trinajstić information content (AvgIpc) is 2.88. The van der Waals surface area contributed by atoms with Crippen LogP contribution in [0, 0.1) is 22.7 Å². The minimum Gasteiger partial charge on any atom is -0.487 e. The van der Waals surface area contributed by atoms with Crippen LogP contribution in [0.3, 0.4) is 0 Å². The molecule has 6 unspecified atom stereocenters. The van der Waals surface area contributed by atoms with E-state index < -0.39 is 11.0 Å². The highest BCUT2D eigenvalue weighted by Gasteiger charge is 2.65. The molecule has 5 rings (SSSR count). The maximum atomic E-state index is 13.2. The SMILES string of the molecule is CCC(=O)OCC1(C)C(OC(C)=O)CCC2(C)C3Cc4c(cc(-c5cccnc5)oc4=O)OC3(C)CCC12. The summed E-state index contributed by atoms with van der Waals surface area (Å²) in [4.78, 5) is 41.5. The Labute approximate surface area is 223 Å². The van der Waals surface area contributed by atoms with Crippen molar-refractivity contribution in [3.63, 3.8) is 0 Å². The van der Waals surface area contributed by atoms with Gasteiger partial charge in [0.05, 0.1) is 5.56 Å². The number of esters is 2. The Morgan fingerprint density at radius 2 is 1.95 bits per heavy atom. The molecule has 2 saturated carbocycles. The molecule has 8 heteroatoms. The summed E-state index contributed by atoms with van der Waals surface area (Å²) in [5.74, 6) is 0.558. The molecule has 1 aliphatic heterocycles. The van der Waals surface area contributed by atoms with E-state index in [2.05, 4.69) is 25.8 Å². The van der Waals surface area contributed by atoms with Gasteiger partial charge in [-0.1, -0.05) is 20.8 Å². The summed E-state index contributed by atoms with van der Waals surface area (Å²) < 4.78 is 24.0. The molecule has 8 nitrogen and oxygen atoms in total. The largest absolute Gasteiger partial charge is 0.487 e. The van der Waals surface area contributed by atoms with Crippen LogP contribution >= 0.6 is 0 Å². The van der Waals surface area contributed by atoms with Crippen molar-refractivity contribution in [3.05, 3.63) is 46.6 Å². The third kappa shape index (κ3) is 4.31. The van der Waals surface area contributed by atoms with Crippen molar-refractivity contribution >= 4 is 11.9 Å². The molecule has 2 aromatic rings. The lowest BCUT2D eigenvalue weighted by molar-refractivity contribution is -0.219. The van der Waals surface area contributed by atoms with Crippen molar-refractivity contribution in [1.82, 2.24) is 4.98 Å². The Kier molecular flexibility index (Phi) is 6.64. The van der Waals surface area contributed by atoms with E-state index in [0.717, 1.165) is 24.8 Å². The number of aromatic nitrogens is 1. The Morgan fingerprint density at radius 1 is 1.16 bits per heavy atom. The maximum Gasteiger partial charge on any atom is 0.343 e. The molecular weight excluding hydrogens is 486 g/mol. The van der Waals surface area contributed by atoms with Gasteiger partial charge in [-0.2, -0.15) is 0 Å². The van der Waals surface area contributed by atoms with Gasteiger partial charge < -0.3 is 18.6 Å². The van der Waals surface area contributed by atoms with Crippen LogP contribution in [0.1, 0.15) is 72.3 Å². The standard InChI is InChI=1S/C30H37NO7/c1-6-26(33)35-17-29(4)23-9-12-30(5)24(28(23,3)11-10-25(29)36-18(2)32)14-20-22(38-30)15-21(37-27(20)34)19-8-7-13-31-16-19/h7-8,13,15-16,23-25H,6,9-12,14,17H2,1-5H3. The van der Waals surface area contributed by atoms with Crippen LogP contribution in [-0.2, 0) is 25.5 Å². The summed E-state index contributed by atoms with van der Waals surface area (Å²) in [6.45, 7) is 9.88. The lowest BCUT2D eigenvalue weighted by Crippen LogP contribution is -2.65. The van der Waals surface area contributed by atoms with E-state index in [-0.39, 0.29) is 47.5 Å². The second-order valence-corrected chi connectivity index (χ2v) is 11.9. The Hall–Kier alpha value is -3.16. The number of carbonyl (C=O) groups excluding carboxylic acids is 2. The topological polar surface area (TPSA) is 105 Å². The van der Waals surface area contributed by atoms with E-state index in [1.807, 2.05) is 12.1 Å². The fourth-order valence-electron chi connectivity index (χ4n) is 7.68. The van der Waals surface area contributed by atoms with Crippen molar-refractivity contribution in [2.24, 2.45) is 22.7 Å². The quantitative estimate of drug-likeness (QED) is 0.498. The highest BCUT2D eigenvalue weighted by molar-refractivity contribution is 5.69. The van der Waals surface area contributed by atoms with Crippen molar-refractivity contribution < 1.29 is 28.2 Å². The van der Waals surface area contributed by atoms with Gasteiger partial charge in [-0.15, -0.1) is 0 Å². The molecule has 0 N–H and O–H groups in total. The number of pyridine rings is 1. The van der Waals surface area contributed by atoms with Crippen molar-refractivity contribution in [1.29, 1.82) is 0 Å². The van der Waals surface area contributed by atoms with Gasteiger partial charge in [0.2, 0.25) is 0 Å². The molecule has 38 heavy (non-hydrogen) atoms. The molecule has 0 amide bonds. The van der Waals surface area contributed by atoms with E-state index >= 15 is 0 Å². The van der Waals surface area contributed by atoms with Crippen molar-refractivity contribution in [3.8, 4) is 17.1 Å². The first-order chi connectivity index (χ1) is 18.0. The van der Waals surface area contributed by atoms with E-state index in [9.17, 15) is 14.4 Å². The maximum absolute atomic E-state index is 13.2. The molecule has 3 aliphatic rings. The molecule has 3 heterocycles. The minimum atomic E-state index is -0.556. The lowest BCUT2D eigenvalue weighted by atomic mass is 9.43. The van der Waals surface area contributed by atoms with E-state index in [1.165, 1.54) is 6.92 Å². The van der Waals surface area contributed by atoms with Crippen LogP contribution in [0.15, 0.2) is 39.8 Å². The van der Waals surface area contributed by atoms with E-state index in [1.54, 1.807) is 25.4 Å². The van der Waals surface area contributed by atoms with Gasteiger partial charge in [-0.25, -0.2) is 4.79 Å². The second kappa shape index (κ2) is 9.54. The molecule has 2 aromatic heterocycles. The van der Waals surface area contributed by atoms with Crippen molar-refractivity contribution in [2.45, 2.75) is 84.8 Å². The zero-order valence-corrected chi connectivity index (χ0v) is 22.9. The van der Waals surface area contributed by atoms with Gasteiger partial charge in [0.1, 0.15) is 29.8 Å². The van der Waals surface area contributed by atoms with Crippen LogP contribution in [-0.4, -0.2) is 35.2 Å². The Bertz CT molecular complexity index is 1290. The summed E-state index contributed by atoms with van der Waals surface area (Å²) >= 11 is 0. The van der Waals surface area contributed by atoms with Crippen molar-refractivity contribution in [2.75, 3.05) is 6.61 Å². The second-order valence-electron chi connectivity index (χ2n) is 11.9. The highest BCUT2D eigenvalue weighted by atomic mass is 16.6. The number of fused-ring (bicyclic) bond motifs is 4. The molecule has 0 aromatic carbocycles. The zero-order valence-electron chi connectivity index (χ0n) is 22.9. The van der Waals surface area contributed by atoms with E-state index in [4.69, 9.17) is 18.6 Å². The minimum absolute atomic E-state index is 0.0351. The first-order valence-electron chi connectivity index (χ1n) is 13.6. The van der Waals surface area contributed by atoms with Gasteiger partial charge in [-0.05, 0) is 62.5 Å². The van der Waals surface area contributed by atoms with Crippen LogP contribution in [0.4, 0.5) is 0 Å². The third-order valence-corrected chi connectivity index (χ3v) is 9.58. The van der Waals surface area contributed by atoms with Crippen LogP contribution in [0.2, 0.25) is 0 Å². The smallest absolute Gasteiger partial charge is 0.343 e. The molecule has 2 aliphatic carbocycles. The average molecular weight is 524 g/mol. The molecule has 6 atom stereocenters. The van der Waals surface area contributed by atoms with Gasteiger partial charge in [0, 0.05) is 48.7 Å². The van der Waals surface area contributed by atoms with Crippen LogP contribution < -0.4 is 10.4 Å². The van der Waals surface area contributed by atoms with Gasteiger partial charge in [-0.3, -0.25) is 14.6 Å². The van der Waals surface area contributed by atoms with Gasteiger partial charge in [0.25, 0.3) is 0 Å². The van der Waals surface area contributed by atoms with Gasteiger partial charge in [0.15, 0.2) is 0 Å². The molecule has 204 valence electrons. The lowest BCUT2D eigenvalue weighted by Gasteiger charge is -2.64. The van der Waals surface area contributed by atoms with Crippen LogP contribution in [0.5, 0.6) is 5.75 Å². The Balaban J connectivity index is 1.51. The number of rotatable bonds is 5. The normalized spacial score (nSPS) is 33.7. The molecule has 0 spiro atoms. The summed E-state index contributed by atoms with van der Waals surface area (Å²) in [5.41, 5.74) is -0.373. The van der Waals surface area contributed by atoms with Crippen LogP contribution in [0.25, 0.3) is 11.3 Å². The summed E-state index contributed by atoms with van der Waals surface area (Å²) in [7, 11) is 0. The summed E-state index contributed by atoms with van der Waals surface area (Å²) in [6, 6.07) is 5.47. The Morgan fingerprint density at radius 3 is 2.63 bits per heavy atom. The highest BCUT2D eigenvalue weighted by Crippen LogP contribution is 2.65. The first-order valence-corrected chi connectivity index (χ1v) is 13.6. The predicted molar refractivity (Wildman–Crippen MR) is 139 cm³/mol. The number of carbonyl (C=O) groups is 2. The zero-order chi connectivity index (χ0) is 27.3. The molecule has 0 saturated heterocycles.